The third kappa shape index (κ3) is 3.74. The van der Waals surface area contributed by atoms with E-state index in [1.807, 2.05) is 32.0 Å². The van der Waals surface area contributed by atoms with Crippen molar-refractivity contribution in [2.75, 3.05) is 24.3 Å². The third-order valence-electron chi connectivity index (χ3n) is 3.81. The van der Waals surface area contributed by atoms with E-state index >= 15 is 0 Å². The van der Waals surface area contributed by atoms with E-state index in [1.165, 1.54) is 18.4 Å². The average molecular weight is 295 g/mol. The van der Waals surface area contributed by atoms with Crippen LogP contribution < -0.4 is 5.32 Å². The van der Waals surface area contributed by atoms with Gasteiger partial charge in [-0.3, -0.25) is 9.69 Å². The SMILES string of the molecule is CC(C)(CCl)C(=O)Nc1ccccc1CN1CCCC1. The number of hydrogen-bond donors (Lipinski definition) is 1. The summed E-state index contributed by atoms with van der Waals surface area (Å²) in [7, 11) is 0. The zero-order chi connectivity index (χ0) is 14.6. The van der Waals surface area contributed by atoms with Crippen LogP contribution in [0.4, 0.5) is 5.69 Å². The Hall–Kier alpha value is -1.06. The predicted molar refractivity (Wildman–Crippen MR) is 84.1 cm³/mol. The van der Waals surface area contributed by atoms with Gasteiger partial charge in [-0.1, -0.05) is 18.2 Å². The predicted octanol–water partition coefficient (Wildman–Crippen LogP) is 3.49. The largest absolute Gasteiger partial charge is 0.325 e. The maximum absolute atomic E-state index is 12.2. The lowest BCUT2D eigenvalue weighted by Gasteiger charge is -2.23. The minimum Gasteiger partial charge on any atom is -0.325 e. The van der Waals surface area contributed by atoms with E-state index < -0.39 is 5.41 Å². The maximum atomic E-state index is 12.2. The van der Waals surface area contributed by atoms with Crippen LogP contribution >= 0.6 is 11.6 Å². The maximum Gasteiger partial charge on any atom is 0.231 e. The van der Waals surface area contributed by atoms with Crippen molar-refractivity contribution < 1.29 is 4.79 Å². The molecule has 4 heteroatoms. The van der Waals surface area contributed by atoms with E-state index in [1.54, 1.807) is 0 Å². The van der Waals surface area contributed by atoms with Gasteiger partial charge in [0.15, 0.2) is 0 Å². The van der Waals surface area contributed by atoms with Gasteiger partial charge in [-0.25, -0.2) is 0 Å². The summed E-state index contributed by atoms with van der Waals surface area (Å²) in [6, 6.07) is 8.03. The van der Waals surface area contributed by atoms with Gasteiger partial charge in [-0.05, 0) is 51.4 Å². The lowest BCUT2D eigenvalue weighted by Crippen LogP contribution is -2.32. The van der Waals surface area contributed by atoms with Gasteiger partial charge in [0.1, 0.15) is 0 Å². The van der Waals surface area contributed by atoms with E-state index in [4.69, 9.17) is 11.6 Å². The molecule has 1 aromatic rings. The Morgan fingerprint density at radius 1 is 1.30 bits per heavy atom. The van der Waals surface area contributed by atoms with Crippen molar-refractivity contribution in [2.24, 2.45) is 5.41 Å². The summed E-state index contributed by atoms with van der Waals surface area (Å²) in [6.07, 6.45) is 2.54. The van der Waals surface area contributed by atoms with Crippen molar-refractivity contribution in [1.29, 1.82) is 0 Å². The normalized spacial score (nSPS) is 16.4. The molecule has 0 saturated carbocycles. The molecule has 1 aliphatic rings. The molecule has 0 aliphatic carbocycles. The van der Waals surface area contributed by atoms with E-state index in [0.29, 0.717) is 5.88 Å². The second-order valence-corrected chi connectivity index (χ2v) is 6.38. The number of benzene rings is 1. The van der Waals surface area contributed by atoms with Crippen LogP contribution in [0, 0.1) is 5.41 Å². The number of hydrogen-bond acceptors (Lipinski definition) is 2. The van der Waals surface area contributed by atoms with E-state index in [0.717, 1.165) is 25.3 Å². The molecule has 20 heavy (non-hydrogen) atoms. The molecule has 1 aromatic carbocycles. The number of nitrogens with zero attached hydrogens (tertiary/aromatic N) is 1. The van der Waals surface area contributed by atoms with Crippen LogP contribution in [-0.4, -0.2) is 29.8 Å². The first-order valence-corrected chi connectivity index (χ1v) is 7.74. The highest BCUT2D eigenvalue weighted by Gasteiger charge is 2.27. The average Bonchev–Trinajstić information content (AvgIpc) is 2.94. The second kappa shape index (κ2) is 6.59. The van der Waals surface area contributed by atoms with E-state index in [-0.39, 0.29) is 5.91 Å². The van der Waals surface area contributed by atoms with Gasteiger partial charge in [-0.15, -0.1) is 11.6 Å². The molecule has 2 rings (SSSR count). The minimum absolute atomic E-state index is 0.0265. The van der Waals surface area contributed by atoms with Crippen molar-refractivity contribution in [1.82, 2.24) is 4.90 Å². The molecule has 1 N–H and O–H groups in total. The van der Waals surface area contributed by atoms with Gasteiger partial charge >= 0.3 is 0 Å². The molecule has 1 heterocycles. The summed E-state index contributed by atoms with van der Waals surface area (Å²) in [5.41, 5.74) is 1.53. The summed E-state index contributed by atoms with van der Waals surface area (Å²) >= 11 is 5.86. The fourth-order valence-electron chi connectivity index (χ4n) is 2.31. The Kier molecular flexibility index (Phi) is 5.06. The zero-order valence-corrected chi connectivity index (χ0v) is 13.0. The molecule has 1 saturated heterocycles. The first-order valence-electron chi connectivity index (χ1n) is 7.20. The molecule has 0 unspecified atom stereocenters. The summed E-state index contributed by atoms with van der Waals surface area (Å²) < 4.78 is 0. The number of carbonyl (C=O) groups is 1. The van der Waals surface area contributed by atoms with Crippen LogP contribution in [0.1, 0.15) is 32.3 Å². The van der Waals surface area contributed by atoms with Crippen molar-refractivity contribution in [3.8, 4) is 0 Å². The first-order chi connectivity index (χ1) is 9.53. The van der Waals surface area contributed by atoms with Crippen molar-refractivity contribution in [3.05, 3.63) is 29.8 Å². The van der Waals surface area contributed by atoms with Gasteiger partial charge in [0.2, 0.25) is 5.91 Å². The molecule has 110 valence electrons. The van der Waals surface area contributed by atoms with Crippen molar-refractivity contribution in [3.63, 3.8) is 0 Å². The minimum atomic E-state index is -0.553. The number of alkyl halides is 1. The number of halogens is 1. The van der Waals surface area contributed by atoms with Crippen molar-refractivity contribution in [2.45, 2.75) is 33.2 Å². The number of para-hydroxylation sites is 1. The lowest BCUT2D eigenvalue weighted by atomic mass is 9.95. The highest BCUT2D eigenvalue weighted by atomic mass is 35.5. The quantitative estimate of drug-likeness (QED) is 0.843. The third-order valence-corrected chi connectivity index (χ3v) is 4.48. The molecule has 0 aromatic heterocycles. The first kappa shape index (κ1) is 15.3. The second-order valence-electron chi connectivity index (χ2n) is 6.11. The van der Waals surface area contributed by atoms with Gasteiger partial charge in [0.25, 0.3) is 0 Å². The molecule has 0 spiro atoms. The zero-order valence-electron chi connectivity index (χ0n) is 12.3. The molecule has 3 nitrogen and oxygen atoms in total. The molecule has 1 amide bonds. The van der Waals surface area contributed by atoms with Gasteiger partial charge < -0.3 is 5.32 Å². The molecule has 1 aliphatic heterocycles. The highest BCUT2D eigenvalue weighted by Crippen LogP contribution is 2.24. The Morgan fingerprint density at radius 3 is 2.60 bits per heavy atom. The topological polar surface area (TPSA) is 32.3 Å². The molecule has 0 atom stereocenters. The molecule has 1 fully saturated rings. The number of anilines is 1. The van der Waals surface area contributed by atoms with Crippen LogP contribution in [-0.2, 0) is 11.3 Å². The summed E-state index contributed by atoms with van der Waals surface area (Å²) in [4.78, 5) is 14.7. The molecular formula is C16H23ClN2O. The smallest absolute Gasteiger partial charge is 0.231 e. The highest BCUT2D eigenvalue weighted by molar-refractivity contribution is 6.20. The number of carbonyl (C=O) groups excluding carboxylic acids is 1. The number of likely N-dealkylation sites (tertiary alicyclic amines) is 1. The Morgan fingerprint density at radius 2 is 1.95 bits per heavy atom. The van der Waals surface area contributed by atoms with Crippen molar-refractivity contribution >= 4 is 23.2 Å². The fraction of sp³-hybridized carbons (Fsp3) is 0.562. The van der Waals surface area contributed by atoms with Crippen LogP contribution in [0.25, 0.3) is 0 Å². The number of nitrogens with one attached hydrogen (secondary N) is 1. The van der Waals surface area contributed by atoms with Gasteiger partial charge in [0.05, 0.1) is 5.41 Å². The number of rotatable bonds is 5. The van der Waals surface area contributed by atoms with Crippen LogP contribution in [0.2, 0.25) is 0 Å². The molecule has 0 radical (unpaired) electrons. The Bertz CT molecular complexity index is 467. The monoisotopic (exact) mass is 294 g/mol. The van der Waals surface area contributed by atoms with Crippen LogP contribution in [0.3, 0.4) is 0 Å². The molecular weight excluding hydrogens is 272 g/mol. The summed E-state index contributed by atoms with van der Waals surface area (Å²) in [6.45, 7) is 6.92. The Balaban J connectivity index is 2.09. The van der Waals surface area contributed by atoms with Gasteiger partial charge in [-0.2, -0.15) is 0 Å². The van der Waals surface area contributed by atoms with E-state index in [9.17, 15) is 4.79 Å². The fourth-order valence-corrected chi connectivity index (χ4v) is 2.44. The van der Waals surface area contributed by atoms with Crippen LogP contribution in [0.5, 0.6) is 0 Å². The van der Waals surface area contributed by atoms with E-state index in [2.05, 4.69) is 16.3 Å². The Labute approximate surface area is 126 Å². The number of amides is 1. The standard InChI is InChI=1S/C16H23ClN2O/c1-16(2,12-17)15(20)18-14-8-4-3-7-13(14)11-19-9-5-6-10-19/h3-4,7-8H,5-6,9-12H2,1-2H3,(H,18,20). The summed E-state index contributed by atoms with van der Waals surface area (Å²) in [5, 5.41) is 3.03. The summed E-state index contributed by atoms with van der Waals surface area (Å²) in [5.74, 6) is 0.286. The van der Waals surface area contributed by atoms with Crippen LogP contribution in [0.15, 0.2) is 24.3 Å². The lowest BCUT2D eigenvalue weighted by molar-refractivity contribution is -0.122. The van der Waals surface area contributed by atoms with Gasteiger partial charge in [0, 0.05) is 18.1 Å². The molecule has 0 bridgehead atoms.